The number of nitrogens with zero attached hydrogens (tertiary/aromatic N) is 3. The van der Waals surface area contributed by atoms with E-state index in [2.05, 4.69) is 20.3 Å². The number of aromatic nitrogens is 1. The Bertz CT molecular complexity index is 960. The minimum Gasteiger partial charge on any atom is -0.348 e. The summed E-state index contributed by atoms with van der Waals surface area (Å²) in [5, 5.41) is 17.2. The summed E-state index contributed by atoms with van der Waals surface area (Å²) in [6.07, 6.45) is 0.254. The zero-order valence-electron chi connectivity index (χ0n) is 15.7. The first kappa shape index (κ1) is 21.2. The van der Waals surface area contributed by atoms with Gasteiger partial charge in [0.2, 0.25) is 11.8 Å². The lowest BCUT2D eigenvalue weighted by Gasteiger charge is -2.34. The molecule has 2 unspecified atom stereocenters. The second kappa shape index (κ2) is 9.32. The topological polar surface area (TPSA) is 110 Å². The number of halogens is 1. The van der Waals surface area contributed by atoms with Gasteiger partial charge >= 0.3 is 0 Å². The fourth-order valence-electron chi connectivity index (χ4n) is 2.75. The molecule has 3 rings (SSSR count). The number of likely N-dealkylation sites (N-methyl/N-ethyl adjacent to an activating group) is 1. The van der Waals surface area contributed by atoms with Crippen molar-refractivity contribution in [2.24, 2.45) is 0 Å². The van der Waals surface area contributed by atoms with Crippen LogP contribution in [-0.4, -0.2) is 40.2 Å². The van der Waals surface area contributed by atoms with Crippen molar-refractivity contribution >= 4 is 41.0 Å². The Balaban J connectivity index is 1.60. The molecule has 3 N–H and O–H groups in total. The highest BCUT2D eigenvalue weighted by atomic mass is 32.2. The SMILES string of the molecule is Cc1csc(CNC(=O)C2CC(C(=O)Nc3ccc(F)c(C#N)c3)N(C)SN2)n1. The molecule has 2 atom stereocenters. The Labute approximate surface area is 175 Å². The molecule has 11 heteroatoms. The molecule has 152 valence electrons. The third kappa shape index (κ3) is 5.30. The number of aryl methyl sites for hydroxylation is 1. The van der Waals surface area contributed by atoms with Crippen LogP contribution in [0.15, 0.2) is 23.6 Å². The summed E-state index contributed by atoms with van der Waals surface area (Å²) in [5.41, 5.74) is 1.08. The van der Waals surface area contributed by atoms with Crippen LogP contribution in [-0.2, 0) is 16.1 Å². The predicted molar refractivity (Wildman–Crippen MR) is 109 cm³/mol. The van der Waals surface area contributed by atoms with Gasteiger partial charge in [0.1, 0.15) is 22.9 Å². The number of amides is 2. The molecule has 1 aromatic heterocycles. The van der Waals surface area contributed by atoms with Crippen LogP contribution in [0.1, 0.15) is 22.7 Å². The van der Waals surface area contributed by atoms with Gasteiger partial charge in [0.05, 0.1) is 18.2 Å². The van der Waals surface area contributed by atoms with Crippen molar-refractivity contribution in [3.8, 4) is 6.07 Å². The van der Waals surface area contributed by atoms with Gasteiger partial charge in [-0.1, -0.05) is 0 Å². The van der Waals surface area contributed by atoms with Gasteiger partial charge in [0.25, 0.3) is 0 Å². The van der Waals surface area contributed by atoms with E-state index in [4.69, 9.17) is 5.26 Å². The molecule has 0 aliphatic carbocycles. The van der Waals surface area contributed by atoms with Crippen LogP contribution in [0.25, 0.3) is 0 Å². The zero-order chi connectivity index (χ0) is 21.0. The summed E-state index contributed by atoms with van der Waals surface area (Å²) in [5.74, 6) is -1.21. The Morgan fingerprint density at radius 2 is 2.24 bits per heavy atom. The van der Waals surface area contributed by atoms with E-state index >= 15 is 0 Å². The molecular weight excluding hydrogens is 415 g/mol. The van der Waals surface area contributed by atoms with Crippen LogP contribution >= 0.6 is 23.5 Å². The molecule has 0 bridgehead atoms. The summed E-state index contributed by atoms with van der Waals surface area (Å²) in [6, 6.07) is 4.39. The molecule has 0 radical (unpaired) electrons. The Hall–Kier alpha value is -2.52. The first-order valence-corrected chi connectivity index (χ1v) is 10.4. The number of nitriles is 1. The van der Waals surface area contributed by atoms with Crippen molar-refractivity contribution < 1.29 is 14.0 Å². The van der Waals surface area contributed by atoms with Gasteiger partial charge < -0.3 is 10.6 Å². The number of anilines is 1. The number of hydrogen-bond donors (Lipinski definition) is 3. The van der Waals surface area contributed by atoms with E-state index in [1.54, 1.807) is 17.4 Å². The number of carbonyl (C=O) groups excluding carboxylic acids is 2. The molecule has 1 aliphatic rings. The molecule has 2 amide bonds. The van der Waals surface area contributed by atoms with Crippen molar-refractivity contribution in [1.29, 1.82) is 5.26 Å². The second-order valence-electron chi connectivity index (χ2n) is 6.46. The summed E-state index contributed by atoms with van der Waals surface area (Å²) >= 11 is 2.65. The largest absolute Gasteiger partial charge is 0.348 e. The zero-order valence-corrected chi connectivity index (χ0v) is 17.4. The maximum absolute atomic E-state index is 13.5. The molecule has 1 aliphatic heterocycles. The average molecular weight is 435 g/mol. The highest BCUT2D eigenvalue weighted by Crippen LogP contribution is 2.23. The number of benzene rings is 1. The van der Waals surface area contributed by atoms with Crippen LogP contribution in [0, 0.1) is 24.1 Å². The standard InChI is InChI=1S/C18H19FN6O2S2/c1-10-9-28-16(22-10)8-21-17(26)14-6-15(25(2)29-24-14)18(27)23-12-3-4-13(19)11(5-12)7-20/h3-5,9,14-15,24H,6,8H2,1-2H3,(H,21,26)(H,23,27). The van der Waals surface area contributed by atoms with Crippen molar-refractivity contribution in [3.63, 3.8) is 0 Å². The van der Waals surface area contributed by atoms with E-state index in [0.29, 0.717) is 12.2 Å². The van der Waals surface area contributed by atoms with Gasteiger partial charge in [0, 0.05) is 28.9 Å². The average Bonchev–Trinajstić information content (AvgIpc) is 3.13. The quantitative estimate of drug-likeness (QED) is 0.617. The lowest BCUT2D eigenvalue weighted by atomic mass is 10.1. The highest BCUT2D eigenvalue weighted by Gasteiger charge is 2.35. The van der Waals surface area contributed by atoms with Gasteiger partial charge in [-0.05, 0) is 38.6 Å². The number of nitrogens with one attached hydrogen (secondary N) is 3. The third-order valence-corrected chi connectivity index (χ3v) is 6.19. The lowest BCUT2D eigenvalue weighted by molar-refractivity contribution is -0.124. The number of carbonyl (C=O) groups is 2. The van der Waals surface area contributed by atoms with Crippen LogP contribution in [0.3, 0.4) is 0 Å². The Morgan fingerprint density at radius 1 is 1.45 bits per heavy atom. The Kier molecular flexibility index (Phi) is 6.81. The molecule has 8 nitrogen and oxygen atoms in total. The minimum atomic E-state index is -0.646. The maximum atomic E-state index is 13.5. The van der Waals surface area contributed by atoms with Crippen molar-refractivity contribution in [2.75, 3.05) is 12.4 Å². The van der Waals surface area contributed by atoms with Gasteiger partial charge in [0.15, 0.2) is 0 Å². The molecule has 2 heterocycles. The predicted octanol–water partition coefficient (Wildman–Crippen LogP) is 1.94. The van der Waals surface area contributed by atoms with Gasteiger partial charge in [-0.25, -0.2) is 18.4 Å². The van der Waals surface area contributed by atoms with Gasteiger partial charge in [-0.15, -0.1) is 11.3 Å². The van der Waals surface area contributed by atoms with Crippen molar-refractivity contribution in [3.05, 3.63) is 45.7 Å². The fourth-order valence-corrected chi connectivity index (χ4v) is 4.26. The molecule has 0 saturated carbocycles. The van der Waals surface area contributed by atoms with E-state index in [1.165, 1.54) is 35.6 Å². The van der Waals surface area contributed by atoms with Crippen LogP contribution in [0.4, 0.5) is 10.1 Å². The van der Waals surface area contributed by atoms with Crippen LogP contribution < -0.4 is 15.4 Å². The smallest absolute Gasteiger partial charge is 0.242 e. The third-order valence-electron chi connectivity index (χ3n) is 4.29. The first-order chi connectivity index (χ1) is 13.9. The normalized spacial score (nSPS) is 19.4. The van der Waals surface area contributed by atoms with Crippen molar-refractivity contribution in [2.45, 2.75) is 32.0 Å². The molecule has 2 aromatic rings. The minimum absolute atomic E-state index is 0.148. The van der Waals surface area contributed by atoms with E-state index in [9.17, 15) is 14.0 Å². The molecule has 1 aromatic carbocycles. The maximum Gasteiger partial charge on any atom is 0.242 e. The van der Waals surface area contributed by atoms with E-state index in [0.717, 1.165) is 16.8 Å². The monoisotopic (exact) mass is 434 g/mol. The number of thiazole rings is 1. The lowest BCUT2D eigenvalue weighted by Crippen LogP contribution is -2.53. The number of hydrogen-bond acceptors (Lipinski definition) is 8. The Morgan fingerprint density at radius 3 is 2.93 bits per heavy atom. The molecule has 1 fully saturated rings. The molecule has 29 heavy (non-hydrogen) atoms. The van der Waals surface area contributed by atoms with Gasteiger partial charge in [-0.2, -0.15) is 5.26 Å². The van der Waals surface area contributed by atoms with E-state index in [1.807, 2.05) is 12.3 Å². The summed E-state index contributed by atoms with van der Waals surface area (Å²) in [6.45, 7) is 2.22. The van der Waals surface area contributed by atoms with E-state index < -0.39 is 17.9 Å². The second-order valence-corrected chi connectivity index (χ2v) is 8.39. The van der Waals surface area contributed by atoms with E-state index in [-0.39, 0.29) is 23.8 Å². The van der Waals surface area contributed by atoms with Crippen LogP contribution in [0.5, 0.6) is 0 Å². The summed E-state index contributed by atoms with van der Waals surface area (Å²) in [4.78, 5) is 29.5. The van der Waals surface area contributed by atoms with Crippen molar-refractivity contribution in [1.82, 2.24) is 19.3 Å². The summed E-state index contributed by atoms with van der Waals surface area (Å²) in [7, 11) is 1.74. The number of rotatable bonds is 5. The van der Waals surface area contributed by atoms with Crippen LogP contribution in [0.2, 0.25) is 0 Å². The highest BCUT2D eigenvalue weighted by molar-refractivity contribution is 7.95. The molecule has 1 saturated heterocycles. The molecule has 0 spiro atoms. The fraction of sp³-hybridized carbons (Fsp3) is 0.333. The van der Waals surface area contributed by atoms with Gasteiger partial charge in [-0.3, -0.25) is 9.59 Å². The summed E-state index contributed by atoms with van der Waals surface area (Å²) < 4.78 is 18.2. The molecular formula is C18H19FN6O2S2. The first-order valence-electron chi connectivity index (χ1n) is 8.72.